The van der Waals surface area contributed by atoms with Crippen molar-refractivity contribution >= 4 is 52.4 Å². The molecule has 3 aliphatic heterocycles. The first kappa shape index (κ1) is 46.9. The van der Waals surface area contributed by atoms with Crippen LogP contribution in [0.1, 0.15) is 106 Å². The fourth-order valence-electron chi connectivity index (χ4n) is 9.26. The number of nitrogens with one attached hydrogen (secondary N) is 3. The molecule has 0 spiro atoms. The fraction of sp³-hybridized carbons (Fsp3) is 0.429. The normalized spacial score (nSPS) is 20.1. The zero-order chi connectivity index (χ0) is 46.9. The number of benzene rings is 3. The third-order valence-electron chi connectivity index (χ3n) is 12.8. The van der Waals surface area contributed by atoms with Gasteiger partial charge in [-0.3, -0.25) is 48.0 Å². The highest BCUT2D eigenvalue weighted by molar-refractivity contribution is 6.00. The van der Waals surface area contributed by atoms with E-state index in [0.29, 0.717) is 55.2 Å². The van der Waals surface area contributed by atoms with Gasteiger partial charge in [0.15, 0.2) is 0 Å². The number of carbonyl (C=O) groups excluding carboxylic acids is 7. The third-order valence-corrected chi connectivity index (χ3v) is 12.8. The van der Waals surface area contributed by atoms with Crippen LogP contribution < -0.4 is 33.1 Å². The zero-order valence-corrected chi connectivity index (χ0v) is 37.1. The van der Waals surface area contributed by atoms with Gasteiger partial charge in [0.2, 0.25) is 41.4 Å². The lowest BCUT2D eigenvalue weighted by Crippen LogP contribution is -2.60. The molecule has 346 valence electrons. The van der Waals surface area contributed by atoms with Gasteiger partial charge in [0.05, 0.1) is 17.1 Å². The number of carbonyl (C=O) groups is 7. The Morgan fingerprint density at radius 3 is 2.23 bits per heavy atom. The Kier molecular flexibility index (Phi) is 15.1. The topological polar surface area (TPSA) is 241 Å². The molecule has 17 nitrogen and oxygen atoms in total. The van der Waals surface area contributed by atoms with Gasteiger partial charge in [-0.2, -0.15) is 0 Å². The third kappa shape index (κ3) is 10.9. The molecule has 0 saturated carbocycles. The van der Waals surface area contributed by atoms with Crippen LogP contribution in [0.2, 0.25) is 0 Å². The van der Waals surface area contributed by atoms with Crippen molar-refractivity contribution in [3.63, 3.8) is 0 Å². The van der Waals surface area contributed by atoms with Gasteiger partial charge in [0.25, 0.3) is 0 Å². The van der Waals surface area contributed by atoms with Gasteiger partial charge in [0, 0.05) is 57.4 Å². The summed E-state index contributed by atoms with van der Waals surface area (Å²) in [7, 11) is 1.64. The largest absolute Gasteiger partial charge is 0.370 e. The van der Waals surface area contributed by atoms with E-state index in [2.05, 4.69) is 27.8 Å². The number of aryl methyl sites for hydroxylation is 1. The molecule has 3 saturated heterocycles. The Morgan fingerprint density at radius 2 is 1.55 bits per heavy atom. The molecule has 3 aliphatic rings. The van der Waals surface area contributed by atoms with Crippen LogP contribution in [0.15, 0.2) is 83.7 Å². The summed E-state index contributed by atoms with van der Waals surface area (Å²) in [6, 6.07) is 19.5. The molecule has 4 heterocycles. The molecule has 66 heavy (non-hydrogen) atoms. The number of imide groups is 1. The second kappa shape index (κ2) is 21.3. The van der Waals surface area contributed by atoms with E-state index in [1.807, 2.05) is 66.7 Å². The lowest BCUT2D eigenvalue weighted by atomic mass is 9.98. The average Bonchev–Trinajstić information content (AvgIpc) is 3.84. The van der Waals surface area contributed by atoms with Gasteiger partial charge < -0.3 is 31.9 Å². The molecule has 1 unspecified atom stereocenters. The summed E-state index contributed by atoms with van der Waals surface area (Å²) in [4.78, 5) is 107. The van der Waals surface area contributed by atoms with Crippen molar-refractivity contribution < 1.29 is 33.6 Å². The molecule has 17 heteroatoms. The van der Waals surface area contributed by atoms with Crippen molar-refractivity contribution in [3.05, 3.63) is 106 Å². The minimum atomic E-state index is -1.11. The smallest absolute Gasteiger partial charge is 0.329 e. The van der Waals surface area contributed by atoms with E-state index in [9.17, 15) is 38.4 Å². The number of primary amides is 1. The van der Waals surface area contributed by atoms with E-state index in [1.54, 1.807) is 24.1 Å². The van der Waals surface area contributed by atoms with Crippen LogP contribution in [-0.4, -0.2) is 97.5 Å². The van der Waals surface area contributed by atoms with E-state index < -0.39 is 59.7 Å². The van der Waals surface area contributed by atoms with Crippen molar-refractivity contribution in [2.75, 3.05) is 13.1 Å². The van der Waals surface area contributed by atoms with Gasteiger partial charge >= 0.3 is 5.69 Å². The lowest BCUT2D eigenvalue weighted by Gasteiger charge is -2.37. The van der Waals surface area contributed by atoms with Crippen molar-refractivity contribution in [1.29, 1.82) is 0 Å². The van der Waals surface area contributed by atoms with Crippen LogP contribution in [-0.2, 0) is 40.6 Å². The van der Waals surface area contributed by atoms with E-state index >= 15 is 0 Å². The number of hydrogen-bond donors (Lipinski definition) is 5. The van der Waals surface area contributed by atoms with Gasteiger partial charge in [-0.15, -0.1) is 0 Å². The maximum absolute atomic E-state index is 14.0. The molecule has 7 amide bonds. The zero-order valence-electron chi connectivity index (χ0n) is 37.1. The second-order valence-electron chi connectivity index (χ2n) is 17.3. The van der Waals surface area contributed by atoms with E-state index in [1.165, 1.54) is 14.0 Å². The first-order valence-corrected chi connectivity index (χ1v) is 22.7. The number of fused-ring (bicyclic) bond motifs is 2. The summed E-state index contributed by atoms with van der Waals surface area (Å²) >= 11 is 0. The number of nitrogens with zero attached hydrogens (tertiary/aromatic N) is 4. The molecule has 0 aliphatic carbocycles. The number of amides is 7. The van der Waals surface area contributed by atoms with Crippen molar-refractivity contribution in [3.8, 4) is 11.8 Å². The van der Waals surface area contributed by atoms with E-state index in [4.69, 9.17) is 11.5 Å². The van der Waals surface area contributed by atoms with Crippen LogP contribution in [0.25, 0.3) is 11.0 Å². The predicted octanol–water partition coefficient (Wildman–Crippen LogP) is 2.20. The average molecular weight is 900 g/mol. The molecular formula is C49H57N9O8. The maximum atomic E-state index is 14.0. The highest BCUT2D eigenvalue weighted by Crippen LogP contribution is 2.30. The quantitative estimate of drug-likeness (QED) is 0.0667. The Morgan fingerprint density at radius 1 is 0.833 bits per heavy atom. The number of piperidine rings is 1. The molecule has 7 rings (SSSR count). The van der Waals surface area contributed by atoms with E-state index in [0.717, 1.165) is 24.0 Å². The summed E-state index contributed by atoms with van der Waals surface area (Å²) in [6.45, 7) is 0.384. The Balaban J connectivity index is 0.896. The minimum absolute atomic E-state index is 0.0115. The Bertz CT molecular complexity index is 2560. The molecule has 1 aromatic heterocycles. The van der Waals surface area contributed by atoms with Crippen LogP contribution in [0.4, 0.5) is 0 Å². The Hall–Kier alpha value is -7.06. The molecule has 0 radical (unpaired) electrons. The van der Waals surface area contributed by atoms with Crippen LogP contribution in [0.3, 0.4) is 0 Å². The maximum Gasteiger partial charge on any atom is 0.329 e. The summed E-state index contributed by atoms with van der Waals surface area (Å²) in [5.41, 5.74) is 15.2. The molecule has 3 aromatic carbocycles. The lowest BCUT2D eigenvalue weighted by molar-refractivity contribution is -0.145. The summed E-state index contributed by atoms with van der Waals surface area (Å²) in [6.07, 6.45) is 4.59. The fourth-order valence-corrected chi connectivity index (χ4v) is 9.26. The molecule has 7 N–H and O–H groups in total. The second-order valence-corrected chi connectivity index (χ2v) is 17.3. The van der Waals surface area contributed by atoms with Crippen LogP contribution in [0, 0.1) is 11.8 Å². The first-order chi connectivity index (χ1) is 31.8. The number of hydrogen-bond acceptors (Lipinski definition) is 9. The van der Waals surface area contributed by atoms with E-state index in [-0.39, 0.29) is 62.2 Å². The van der Waals surface area contributed by atoms with Crippen LogP contribution >= 0.6 is 0 Å². The molecular weight excluding hydrogens is 843 g/mol. The standard InChI is InChI=1S/C49H57N9O8/c1-55-40-29-31(19-22-37(40)58(49(55)66)39-24-26-42(60)53-47(39)64)13-7-3-2-4-12-18-43(61)56-28-27-34-20-23-38(57(34)48(65)35(50)30-56)46(63)52-36(21-25-41(51)59)45(62)54-44(32-14-8-5-9-15-32)33-16-10-6-11-17-33/h5-6,8-11,14-17,19,22,29,34-36,38-39,44H,2-4,12,18,20-21,23-28,30,50H2,1H3,(H2,51,59)(H,52,63)(H,54,62)(H,53,60,64)/t34-,35+,36+,38+,39?/m1/s1. The number of imidazole rings is 1. The minimum Gasteiger partial charge on any atom is -0.370 e. The molecule has 3 fully saturated rings. The van der Waals surface area contributed by atoms with Crippen molar-refractivity contribution in [2.24, 2.45) is 18.5 Å². The number of aromatic nitrogens is 2. The number of rotatable bonds is 15. The Labute approximate surface area is 382 Å². The van der Waals surface area contributed by atoms with Gasteiger partial charge in [-0.1, -0.05) is 78.9 Å². The highest BCUT2D eigenvalue weighted by atomic mass is 16.2. The summed E-state index contributed by atoms with van der Waals surface area (Å²) in [5.74, 6) is 3.31. The monoisotopic (exact) mass is 899 g/mol. The summed E-state index contributed by atoms with van der Waals surface area (Å²) in [5, 5.41) is 8.20. The van der Waals surface area contributed by atoms with Gasteiger partial charge in [0.1, 0.15) is 24.2 Å². The molecule has 4 aromatic rings. The first-order valence-electron chi connectivity index (χ1n) is 22.7. The van der Waals surface area contributed by atoms with Gasteiger partial charge in [-0.05, 0) is 74.3 Å². The van der Waals surface area contributed by atoms with Crippen molar-refractivity contribution in [1.82, 2.24) is 34.9 Å². The molecule has 0 bridgehead atoms. The van der Waals surface area contributed by atoms with Gasteiger partial charge in [-0.25, -0.2) is 4.79 Å². The predicted molar refractivity (Wildman–Crippen MR) is 245 cm³/mol. The van der Waals surface area contributed by atoms with Crippen molar-refractivity contribution in [2.45, 2.75) is 113 Å². The number of nitrogens with two attached hydrogens (primary N) is 2. The molecule has 5 atom stereocenters. The summed E-state index contributed by atoms with van der Waals surface area (Å²) < 4.78 is 2.90. The number of unbranched alkanes of at least 4 members (excludes halogenated alkanes) is 3. The highest BCUT2D eigenvalue weighted by Gasteiger charge is 2.45. The SMILES string of the molecule is Cn1c(=O)n(C2CCC(=O)NC2=O)c2ccc(C#CCCCCCC(=O)N3CC[C@H]4CC[C@@H](C(=O)N[C@@H](CCC(N)=O)C(=O)NC(c5ccccc5)c5ccccc5)N4C(=O)[C@@H](N)C3)cc21. The van der Waals surface area contributed by atoms with Crippen LogP contribution in [0.5, 0.6) is 0 Å².